The molecule has 6 heteroatoms. The molecule has 1 N–H and O–H groups in total. The van der Waals surface area contributed by atoms with Crippen LogP contribution in [0.15, 0.2) is 30.6 Å². The van der Waals surface area contributed by atoms with Crippen LogP contribution in [0, 0.1) is 0 Å². The van der Waals surface area contributed by atoms with Gasteiger partial charge in [0.2, 0.25) is 0 Å². The topological polar surface area (TPSA) is 54.9 Å². The van der Waals surface area contributed by atoms with Crippen molar-refractivity contribution in [1.29, 1.82) is 0 Å². The van der Waals surface area contributed by atoms with Crippen molar-refractivity contribution in [3.05, 3.63) is 46.6 Å². The first-order chi connectivity index (χ1) is 11.2. The van der Waals surface area contributed by atoms with Crippen molar-refractivity contribution in [2.45, 2.75) is 25.0 Å². The quantitative estimate of drug-likeness (QED) is 0.783. The van der Waals surface area contributed by atoms with Crippen molar-refractivity contribution < 1.29 is 4.21 Å². The van der Waals surface area contributed by atoms with E-state index in [4.69, 9.17) is 0 Å². The molecule has 0 aliphatic heterocycles. The van der Waals surface area contributed by atoms with Gasteiger partial charge >= 0.3 is 0 Å². The molecule has 0 amide bonds. The van der Waals surface area contributed by atoms with Crippen LogP contribution < -0.4 is 5.32 Å². The van der Waals surface area contributed by atoms with Crippen LogP contribution in [-0.2, 0) is 29.4 Å². The van der Waals surface area contributed by atoms with Gasteiger partial charge in [-0.05, 0) is 42.5 Å². The van der Waals surface area contributed by atoms with E-state index in [9.17, 15) is 4.21 Å². The van der Waals surface area contributed by atoms with Crippen molar-refractivity contribution >= 4 is 43.9 Å². The molecule has 0 spiro atoms. The van der Waals surface area contributed by atoms with Crippen molar-refractivity contribution in [1.82, 2.24) is 9.97 Å². The van der Waals surface area contributed by atoms with E-state index in [-0.39, 0.29) is 0 Å². The van der Waals surface area contributed by atoms with E-state index in [1.807, 2.05) is 24.3 Å². The molecule has 23 heavy (non-hydrogen) atoms. The van der Waals surface area contributed by atoms with Crippen LogP contribution in [0.1, 0.15) is 22.4 Å². The smallest absolute Gasteiger partial charge is 0.142 e. The first kappa shape index (κ1) is 14.8. The second kappa shape index (κ2) is 6.02. The summed E-state index contributed by atoms with van der Waals surface area (Å²) >= 11 is 1.79. The van der Waals surface area contributed by atoms with E-state index in [1.54, 1.807) is 23.9 Å². The molecule has 0 bridgehead atoms. The molecule has 4 rings (SSSR count). The lowest BCUT2D eigenvalue weighted by Gasteiger charge is -2.09. The highest BCUT2D eigenvalue weighted by Crippen LogP contribution is 2.39. The molecular formula is C17H17N3OS2. The molecule has 3 aromatic rings. The number of aryl methyl sites for hydroxylation is 2. The number of anilines is 2. The number of hydrogen-bond donors (Lipinski definition) is 1. The first-order valence-corrected chi connectivity index (χ1v) is 10.2. The van der Waals surface area contributed by atoms with Gasteiger partial charge in [0.15, 0.2) is 0 Å². The fourth-order valence-electron chi connectivity index (χ4n) is 3.13. The molecule has 1 aliphatic rings. The Kier molecular flexibility index (Phi) is 3.87. The van der Waals surface area contributed by atoms with Gasteiger partial charge in [-0.3, -0.25) is 4.21 Å². The molecule has 118 valence electrons. The highest BCUT2D eigenvalue weighted by Gasteiger charge is 2.21. The van der Waals surface area contributed by atoms with E-state index in [0.717, 1.165) is 34.7 Å². The number of nitrogens with one attached hydrogen (secondary N) is 1. The van der Waals surface area contributed by atoms with Crippen LogP contribution in [0.3, 0.4) is 0 Å². The molecule has 0 radical (unpaired) electrons. The summed E-state index contributed by atoms with van der Waals surface area (Å²) in [5.74, 6) is 1.45. The molecule has 1 aliphatic carbocycles. The van der Waals surface area contributed by atoms with Crippen molar-refractivity contribution in [2.75, 3.05) is 11.6 Å². The number of benzene rings is 1. The average molecular weight is 343 g/mol. The first-order valence-electron chi connectivity index (χ1n) is 7.62. The van der Waals surface area contributed by atoms with E-state index in [0.29, 0.717) is 5.75 Å². The summed E-state index contributed by atoms with van der Waals surface area (Å²) in [4.78, 5) is 11.4. The minimum atomic E-state index is -0.839. The molecular weight excluding hydrogens is 326 g/mol. The number of hydrogen-bond acceptors (Lipinski definition) is 5. The number of rotatable bonds is 4. The number of aromatic nitrogens is 2. The molecule has 1 aromatic carbocycles. The third-order valence-electron chi connectivity index (χ3n) is 4.06. The Balaban J connectivity index is 1.72. The lowest BCUT2D eigenvalue weighted by Crippen LogP contribution is -1.98. The SMILES string of the molecule is CS(=O)Cc1cccc(Nc2ncnc3sc4c(c23)CCC4)c1. The predicted molar refractivity (Wildman–Crippen MR) is 96.9 cm³/mol. The van der Waals surface area contributed by atoms with Gasteiger partial charge < -0.3 is 5.32 Å². The highest BCUT2D eigenvalue weighted by atomic mass is 32.2. The molecule has 2 heterocycles. The van der Waals surface area contributed by atoms with Crippen LogP contribution >= 0.6 is 11.3 Å². The minimum Gasteiger partial charge on any atom is -0.340 e. The molecule has 0 fully saturated rings. The zero-order chi connectivity index (χ0) is 15.8. The summed E-state index contributed by atoms with van der Waals surface area (Å²) in [5, 5.41) is 4.61. The lowest BCUT2D eigenvalue weighted by atomic mass is 10.2. The Morgan fingerprint density at radius 2 is 2.22 bits per heavy atom. The predicted octanol–water partition coefficient (Wildman–Crippen LogP) is 3.80. The number of fused-ring (bicyclic) bond motifs is 3. The Bertz CT molecular complexity index is 904. The summed E-state index contributed by atoms with van der Waals surface area (Å²) in [7, 11) is -0.839. The minimum absolute atomic E-state index is 0.572. The van der Waals surface area contributed by atoms with Crippen LogP contribution in [0.5, 0.6) is 0 Å². The third-order valence-corrected chi connectivity index (χ3v) is 6.00. The maximum Gasteiger partial charge on any atom is 0.142 e. The van der Waals surface area contributed by atoms with Gasteiger partial charge in [0.25, 0.3) is 0 Å². The van der Waals surface area contributed by atoms with Gasteiger partial charge in [0, 0.05) is 33.4 Å². The van der Waals surface area contributed by atoms with Gasteiger partial charge in [-0.1, -0.05) is 12.1 Å². The van der Waals surface area contributed by atoms with E-state index in [1.165, 1.54) is 22.2 Å². The summed E-state index contributed by atoms with van der Waals surface area (Å²) < 4.78 is 11.4. The van der Waals surface area contributed by atoms with Gasteiger partial charge in [-0.2, -0.15) is 0 Å². The summed E-state index contributed by atoms with van der Waals surface area (Å²) in [6, 6.07) is 8.05. The Labute approximate surface area is 141 Å². The van der Waals surface area contributed by atoms with Crippen LogP contribution in [0.25, 0.3) is 10.2 Å². The molecule has 1 atom stereocenters. The Morgan fingerprint density at radius 3 is 3.09 bits per heavy atom. The second-order valence-electron chi connectivity index (χ2n) is 5.80. The molecule has 2 aromatic heterocycles. The van der Waals surface area contributed by atoms with Crippen LogP contribution in [0.2, 0.25) is 0 Å². The van der Waals surface area contributed by atoms with Gasteiger partial charge in [-0.15, -0.1) is 11.3 Å². The fourth-order valence-corrected chi connectivity index (χ4v) is 5.01. The zero-order valence-corrected chi connectivity index (χ0v) is 14.5. The Hall–Kier alpha value is -1.79. The average Bonchev–Trinajstić information content (AvgIpc) is 3.07. The lowest BCUT2D eigenvalue weighted by molar-refractivity contribution is 0.686. The number of thiophene rings is 1. The van der Waals surface area contributed by atoms with E-state index >= 15 is 0 Å². The van der Waals surface area contributed by atoms with Crippen molar-refractivity contribution in [3.8, 4) is 0 Å². The maximum atomic E-state index is 11.4. The van der Waals surface area contributed by atoms with Crippen LogP contribution in [0.4, 0.5) is 11.5 Å². The van der Waals surface area contributed by atoms with E-state index in [2.05, 4.69) is 15.3 Å². The van der Waals surface area contributed by atoms with Crippen LogP contribution in [-0.4, -0.2) is 20.4 Å². The third kappa shape index (κ3) is 2.88. The molecule has 0 saturated heterocycles. The molecule has 0 saturated carbocycles. The molecule has 4 nitrogen and oxygen atoms in total. The monoisotopic (exact) mass is 343 g/mol. The second-order valence-corrected chi connectivity index (χ2v) is 8.32. The molecule has 1 unspecified atom stereocenters. The van der Waals surface area contributed by atoms with Crippen molar-refractivity contribution in [2.24, 2.45) is 0 Å². The maximum absolute atomic E-state index is 11.4. The highest BCUT2D eigenvalue weighted by molar-refractivity contribution is 7.83. The normalized spacial score (nSPS) is 14.8. The summed E-state index contributed by atoms with van der Waals surface area (Å²) in [5.41, 5.74) is 3.46. The zero-order valence-electron chi connectivity index (χ0n) is 12.8. The van der Waals surface area contributed by atoms with Crippen molar-refractivity contribution in [3.63, 3.8) is 0 Å². The van der Waals surface area contributed by atoms with Gasteiger partial charge in [-0.25, -0.2) is 9.97 Å². The standard InChI is InChI=1S/C17H17N3OS2/c1-23(21)9-11-4-2-5-12(8-11)20-16-15-13-6-3-7-14(13)22-17(15)19-10-18-16/h2,4-5,8,10H,3,6-7,9H2,1H3,(H,18,19,20). The largest absolute Gasteiger partial charge is 0.340 e. The van der Waals surface area contributed by atoms with Gasteiger partial charge in [0.05, 0.1) is 5.39 Å². The fraction of sp³-hybridized carbons (Fsp3) is 0.294. The van der Waals surface area contributed by atoms with Gasteiger partial charge in [0.1, 0.15) is 17.0 Å². The number of nitrogens with zero attached hydrogens (tertiary/aromatic N) is 2. The van der Waals surface area contributed by atoms with E-state index < -0.39 is 10.8 Å². The summed E-state index contributed by atoms with van der Waals surface area (Å²) in [6.07, 6.45) is 6.85. The summed E-state index contributed by atoms with van der Waals surface area (Å²) in [6.45, 7) is 0. The Morgan fingerprint density at radius 1 is 1.30 bits per heavy atom.